The summed E-state index contributed by atoms with van der Waals surface area (Å²) < 4.78 is 0. The van der Waals surface area contributed by atoms with Crippen LogP contribution in [0.15, 0.2) is 0 Å². The zero-order chi connectivity index (χ0) is 7.49. The van der Waals surface area contributed by atoms with Gasteiger partial charge in [0.25, 0.3) is 0 Å². The van der Waals surface area contributed by atoms with Crippen LogP contribution in [-0.4, -0.2) is 16.7 Å². The fourth-order valence-electron chi connectivity index (χ4n) is 0.702. The Morgan fingerprint density at radius 1 is 1.56 bits per heavy atom. The normalized spacial score (nSPS) is 21.0. The van der Waals surface area contributed by atoms with E-state index in [-0.39, 0.29) is 6.10 Å². The molecule has 0 fully saturated rings. The van der Waals surface area contributed by atoms with E-state index in [1.54, 1.807) is 0 Å². The molecule has 0 aromatic rings. The number of hydrogen-bond acceptors (Lipinski definition) is 2. The maximum Gasteiger partial charge on any atom is 0.0714 e. The molecule has 2 nitrogen and oxygen atoms in total. The average Bonchev–Trinajstić information content (AvgIpc) is 1.86. The smallest absolute Gasteiger partial charge is 0.0714 e. The van der Waals surface area contributed by atoms with Crippen molar-refractivity contribution in [2.24, 2.45) is 5.73 Å². The molecular weight excluding hydrogens is 114 g/mol. The first kappa shape index (κ1) is 8.92. The summed E-state index contributed by atoms with van der Waals surface area (Å²) in [7, 11) is 0. The molecule has 56 valence electrons. The van der Waals surface area contributed by atoms with E-state index >= 15 is 0 Å². The molecule has 0 aliphatic rings. The molecule has 0 radical (unpaired) electrons. The van der Waals surface area contributed by atoms with Gasteiger partial charge in [-0.2, -0.15) is 0 Å². The lowest BCUT2D eigenvalue weighted by molar-refractivity contribution is 0.0879. The molecule has 9 heavy (non-hydrogen) atoms. The minimum absolute atomic E-state index is 0.359. The fourth-order valence-corrected chi connectivity index (χ4v) is 0.702. The molecule has 0 aromatic carbocycles. The quantitative estimate of drug-likeness (QED) is 0.597. The van der Waals surface area contributed by atoms with Crippen molar-refractivity contribution < 1.29 is 5.11 Å². The molecule has 0 aromatic heterocycles. The zero-order valence-corrected chi connectivity index (χ0v) is 6.52. The van der Waals surface area contributed by atoms with Crippen LogP contribution >= 0.6 is 0 Å². The molecule has 2 atom stereocenters. The van der Waals surface area contributed by atoms with Crippen LogP contribution in [0.25, 0.3) is 0 Å². The van der Waals surface area contributed by atoms with E-state index in [1.165, 1.54) is 0 Å². The van der Waals surface area contributed by atoms with Gasteiger partial charge in [-0.1, -0.05) is 13.8 Å². The molecule has 0 bridgehead atoms. The van der Waals surface area contributed by atoms with Gasteiger partial charge in [0.05, 0.1) is 6.10 Å². The number of rotatable bonds is 3. The van der Waals surface area contributed by atoms with Crippen LogP contribution in [0.5, 0.6) is 0 Å². The Morgan fingerprint density at radius 3 is 2.11 bits per heavy atom. The van der Waals surface area contributed by atoms with Gasteiger partial charge < -0.3 is 10.8 Å². The minimum Gasteiger partial charge on any atom is -0.391 e. The van der Waals surface area contributed by atoms with Gasteiger partial charge in [-0.3, -0.25) is 0 Å². The van der Waals surface area contributed by atoms with E-state index in [0.717, 1.165) is 12.8 Å². The van der Waals surface area contributed by atoms with Crippen molar-refractivity contribution in [3.05, 3.63) is 0 Å². The van der Waals surface area contributed by atoms with Gasteiger partial charge in [0.2, 0.25) is 0 Å². The van der Waals surface area contributed by atoms with Gasteiger partial charge in [-0.25, -0.2) is 0 Å². The lowest BCUT2D eigenvalue weighted by Crippen LogP contribution is -2.47. The van der Waals surface area contributed by atoms with Gasteiger partial charge in [-0.15, -0.1) is 0 Å². The van der Waals surface area contributed by atoms with Crippen LogP contribution in [0.4, 0.5) is 0 Å². The van der Waals surface area contributed by atoms with Crippen LogP contribution in [0.2, 0.25) is 0 Å². The standard InChI is InChI=1S/C7H17NO/c1-4-6(9)7(3,8)5-2/h6,9H,4-5,8H2,1-3H3. The molecule has 0 spiro atoms. The SMILES string of the molecule is CCC(O)C(C)(N)CC. The Bertz CT molecular complexity index is 81.0. The molecule has 2 unspecified atom stereocenters. The van der Waals surface area contributed by atoms with Crippen LogP contribution in [-0.2, 0) is 0 Å². The maximum atomic E-state index is 9.26. The first-order chi connectivity index (χ1) is 4.04. The molecule has 0 aliphatic carbocycles. The molecule has 0 aliphatic heterocycles. The summed E-state index contributed by atoms with van der Waals surface area (Å²) >= 11 is 0. The summed E-state index contributed by atoms with van der Waals surface area (Å²) in [5.74, 6) is 0. The Balaban J connectivity index is 3.80. The summed E-state index contributed by atoms with van der Waals surface area (Å²) in [5, 5.41) is 9.26. The zero-order valence-electron chi connectivity index (χ0n) is 6.52. The Morgan fingerprint density at radius 2 is 2.00 bits per heavy atom. The summed E-state index contributed by atoms with van der Waals surface area (Å²) in [6.07, 6.45) is 1.20. The van der Waals surface area contributed by atoms with E-state index in [9.17, 15) is 5.11 Å². The summed E-state index contributed by atoms with van der Waals surface area (Å²) in [6, 6.07) is 0. The average molecular weight is 131 g/mol. The molecule has 0 heterocycles. The summed E-state index contributed by atoms with van der Waals surface area (Å²) in [6.45, 7) is 5.80. The third-order valence-electron chi connectivity index (χ3n) is 1.91. The second-order valence-electron chi connectivity index (χ2n) is 2.78. The second kappa shape index (κ2) is 3.18. The molecule has 3 N–H and O–H groups in total. The Hall–Kier alpha value is -0.0800. The maximum absolute atomic E-state index is 9.26. The van der Waals surface area contributed by atoms with Crippen LogP contribution in [0.1, 0.15) is 33.6 Å². The van der Waals surface area contributed by atoms with Crippen molar-refractivity contribution >= 4 is 0 Å². The third kappa shape index (κ3) is 2.33. The van der Waals surface area contributed by atoms with Gasteiger partial charge in [0.15, 0.2) is 0 Å². The van der Waals surface area contributed by atoms with E-state index in [2.05, 4.69) is 0 Å². The summed E-state index contributed by atoms with van der Waals surface area (Å²) in [4.78, 5) is 0. The van der Waals surface area contributed by atoms with Crippen LogP contribution in [0, 0.1) is 0 Å². The molecule has 0 saturated carbocycles. The molecule has 2 heteroatoms. The first-order valence-corrected chi connectivity index (χ1v) is 3.51. The molecular formula is C7H17NO. The molecule has 0 rings (SSSR count). The number of nitrogens with two attached hydrogens (primary N) is 1. The molecule has 0 saturated heterocycles. The summed E-state index contributed by atoms with van der Waals surface area (Å²) in [5.41, 5.74) is 5.33. The Kier molecular flexibility index (Phi) is 3.15. The van der Waals surface area contributed by atoms with E-state index in [1.807, 2.05) is 20.8 Å². The van der Waals surface area contributed by atoms with E-state index < -0.39 is 5.54 Å². The van der Waals surface area contributed by atoms with Crippen molar-refractivity contribution in [2.45, 2.75) is 45.3 Å². The van der Waals surface area contributed by atoms with Gasteiger partial charge >= 0.3 is 0 Å². The van der Waals surface area contributed by atoms with Crippen molar-refractivity contribution in [2.75, 3.05) is 0 Å². The number of aliphatic hydroxyl groups is 1. The van der Waals surface area contributed by atoms with Crippen LogP contribution < -0.4 is 5.73 Å². The topological polar surface area (TPSA) is 46.2 Å². The highest BCUT2D eigenvalue weighted by Crippen LogP contribution is 2.12. The Labute approximate surface area is 57.1 Å². The van der Waals surface area contributed by atoms with Crippen LogP contribution in [0.3, 0.4) is 0 Å². The highest BCUT2D eigenvalue weighted by Gasteiger charge is 2.23. The van der Waals surface area contributed by atoms with Crippen molar-refractivity contribution in [1.82, 2.24) is 0 Å². The van der Waals surface area contributed by atoms with Gasteiger partial charge in [0.1, 0.15) is 0 Å². The van der Waals surface area contributed by atoms with Gasteiger partial charge in [0, 0.05) is 5.54 Å². The monoisotopic (exact) mass is 131 g/mol. The van der Waals surface area contributed by atoms with E-state index in [4.69, 9.17) is 5.73 Å². The van der Waals surface area contributed by atoms with Gasteiger partial charge in [-0.05, 0) is 19.8 Å². The largest absolute Gasteiger partial charge is 0.391 e. The molecule has 0 amide bonds. The lowest BCUT2D eigenvalue weighted by Gasteiger charge is -2.27. The number of hydrogen-bond donors (Lipinski definition) is 2. The minimum atomic E-state index is -0.394. The van der Waals surface area contributed by atoms with E-state index in [0.29, 0.717) is 0 Å². The predicted octanol–water partition coefficient (Wildman–Crippen LogP) is 0.885. The highest BCUT2D eigenvalue weighted by molar-refractivity contribution is 4.83. The lowest BCUT2D eigenvalue weighted by atomic mass is 9.91. The predicted molar refractivity (Wildman–Crippen MR) is 39.2 cm³/mol. The van der Waals surface area contributed by atoms with Crippen molar-refractivity contribution in [3.8, 4) is 0 Å². The highest BCUT2D eigenvalue weighted by atomic mass is 16.3. The van der Waals surface area contributed by atoms with Crippen molar-refractivity contribution in [1.29, 1.82) is 0 Å². The third-order valence-corrected chi connectivity index (χ3v) is 1.91. The fraction of sp³-hybridized carbons (Fsp3) is 1.00. The number of aliphatic hydroxyl groups excluding tert-OH is 1. The van der Waals surface area contributed by atoms with Crippen molar-refractivity contribution in [3.63, 3.8) is 0 Å². The first-order valence-electron chi connectivity index (χ1n) is 3.51. The second-order valence-corrected chi connectivity index (χ2v) is 2.78.